The number of carbonyl (C=O) groups excluding carboxylic acids is 2. The average molecular weight is 729 g/mol. The summed E-state index contributed by atoms with van der Waals surface area (Å²) in [4.78, 5) is 49.1. The molecule has 4 rings (SSSR count). The van der Waals surface area contributed by atoms with Crippen LogP contribution in [0.1, 0.15) is 33.5 Å². The molecule has 0 unspecified atom stereocenters. The number of thioether (sulfide) groups is 1. The molecule has 1 saturated heterocycles. The number of rotatable bonds is 11. The second-order valence-corrected chi connectivity index (χ2v) is 11.8. The summed E-state index contributed by atoms with van der Waals surface area (Å²) in [5.74, 6) is -4.55. The fourth-order valence-corrected chi connectivity index (χ4v) is 5.75. The first-order valence-corrected chi connectivity index (χ1v) is 14.8. The zero-order valence-electron chi connectivity index (χ0n) is 24.8. The second-order valence-electron chi connectivity index (χ2n) is 10.1. The van der Waals surface area contributed by atoms with E-state index in [0.717, 1.165) is 29.8 Å². The Hall–Kier alpha value is -5.10. The number of nitrogens with zero attached hydrogens (tertiary/aromatic N) is 1. The van der Waals surface area contributed by atoms with Gasteiger partial charge >= 0.3 is 24.3 Å². The molecular weight excluding hydrogens is 706 g/mol. The van der Waals surface area contributed by atoms with Crippen molar-refractivity contribution in [2.24, 2.45) is 0 Å². The molecule has 49 heavy (non-hydrogen) atoms. The van der Waals surface area contributed by atoms with Gasteiger partial charge in [0.2, 0.25) is 5.91 Å². The van der Waals surface area contributed by atoms with Crippen molar-refractivity contribution in [3.05, 3.63) is 81.8 Å². The fraction of sp³-hybridized carbons (Fsp3) is 0.194. The third kappa shape index (κ3) is 9.08. The van der Waals surface area contributed by atoms with Crippen LogP contribution in [-0.2, 0) is 26.7 Å². The predicted octanol–water partition coefficient (Wildman–Crippen LogP) is 6.79. The molecule has 3 aromatic rings. The van der Waals surface area contributed by atoms with Crippen molar-refractivity contribution in [1.82, 2.24) is 4.90 Å². The van der Waals surface area contributed by atoms with Gasteiger partial charge in [0.25, 0.3) is 5.91 Å². The van der Waals surface area contributed by atoms with Gasteiger partial charge in [-0.3, -0.25) is 14.5 Å². The van der Waals surface area contributed by atoms with Gasteiger partial charge in [-0.1, -0.05) is 24.0 Å². The van der Waals surface area contributed by atoms with Crippen LogP contribution in [0.25, 0.3) is 17.2 Å². The lowest BCUT2D eigenvalue weighted by atomic mass is 9.96. The van der Waals surface area contributed by atoms with Gasteiger partial charge in [-0.25, -0.2) is 9.59 Å². The molecule has 10 nitrogen and oxygen atoms in total. The normalized spacial score (nSPS) is 14.3. The molecule has 258 valence electrons. The van der Waals surface area contributed by atoms with E-state index in [4.69, 9.17) is 31.9 Å². The van der Waals surface area contributed by atoms with E-state index in [9.17, 15) is 45.5 Å². The summed E-state index contributed by atoms with van der Waals surface area (Å²) in [6.07, 6.45) is -9.34. The minimum absolute atomic E-state index is 0.00963. The Balaban J connectivity index is 1.67. The lowest BCUT2D eigenvalue weighted by Crippen LogP contribution is -2.31. The molecule has 0 spiro atoms. The highest BCUT2D eigenvalue weighted by molar-refractivity contribution is 8.26. The number of halogens is 6. The number of methoxy groups -OCH3 is 1. The standard InChI is InChI=1S/C31H22F6N2O8S2/c1-46-22-9-15(8-21(26(22)47-14-25(41)42)17-11-18(30(32,33)34)13-19(12-17)31(35,36)37)10-23-27(43)39(29(48)49-23)7-6-24(40)38-20-4-2-16(3-5-20)28(44)45/h2-5,8-13H,6-7,14H2,1H3,(H,38,40)(H,41,42)(H,44,45)/b23-10-. The highest BCUT2D eigenvalue weighted by Gasteiger charge is 2.38. The van der Waals surface area contributed by atoms with Crippen molar-refractivity contribution < 1.29 is 65.2 Å². The van der Waals surface area contributed by atoms with Gasteiger partial charge in [0.15, 0.2) is 18.1 Å². The van der Waals surface area contributed by atoms with Crippen molar-refractivity contribution in [2.45, 2.75) is 18.8 Å². The Morgan fingerprint density at radius 1 is 0.959 bits per heavy atom. The van der Waals surface area contributed by atoms with E-state index < -0.39 is 70.7 Å². The number of alkyl halides is 6. The molecular formula is C31H22F6N2O8S2. The summed E-state index contributed by atoms with van der Waals surface area (Å²) in [6, 6.07) is 8.49. The maximum atomic E-state index is 13.7. The van der Waals surface area contributed by atoms with E-state index in [1.54, 1.807) is 0 Å². The smallest absolute Gasteiger partial charge is 0.416 e. The quantitative estimate of drug-likeness (QED) is 0.110. The molecule has 18 heteroatoms. The molecule has 1 aliphatic rings. The van der Waals surface area contributed by atoms with Crippen LogP contribution in [0.15, 0.2) is 59.5 Å². The van der Waals surface area contributed by atoms with Gasteiger partial charge in [0.05, 0.1) is 28.7 Å². The van der Waals surface area contributed by atoms with Gasteiger partial charge in [-0.15, -0.1) is 0 Å². The third-order valence-electron chi connectivity index (χ3n) is 6.69. The van der Waals surface area contributed by atoms with E-state index in [1.165, 1.54) is 36.4 Å². The van der Waals surface area contributed by atoms with Crippen molar-refractivity contribution in [3.8, 4) is 22.6 Å². The number of aromatic carboxylic acids is 1. The minimum Gasteiger partial charge on any atom is -0.493 e. The summed E-state index contributed by atoms with van der Waals surface area (Å²) in [7, 11) is 1.11. The Morgan fingerprint density at radius 2 is 1.57 bits per heavy atom. The lowest BCUT2D eigenvalue weighted by Gasteiger charge is -2.18. The minimum atomic E-state index is -5.18. The summed E-state index contributed by atoms with van der Waals surface area (Å²) in [5, 5.41) is 20.7. The van der Waals surface area contributed by atoms with Crippen molar-refractivity contribution in [2.75, 3.05) is 25.6 Å². The molecule has 1 aliphatic heterocycles. The predicted molar refractivity (Wildman–Crippen MR) is 168 cm³/mol. The summed E-state index contributed by atoms with van der Waals surface area (Å²) < 4.78 is 92.6. The average Bonchev–Trinajstić information content (AvgIpc) is 3.28. The van der Waals surface area contributed by atoms with Crippen LogP contribution in [0.4, 0.5) is 32.0 Å². The van der Waals surface area contributed by atoms with Crippen molar-refractivity contribution in [1.29, 1.82) is 0 Å². The molecule has 1 heterocycles. The molecule has 0 saturated carbocycles. The number of thiocarbonyl (C=S) groups is 1. The lowest BCUT2D eigenvalue weighted by molar-refractivity contribution is -0.143. The van der Waals surface area contributed by atoms with Crippen LogP contribution in [0.2, 0.25) is 0 Å². The molecule has 0 radical (unpaired) electrons. The van der Waals surface area contributed by atoms with Crippen LogP contribution in [0, 0.1) is 0 Å². The topological polar surface area (TPSA) is 142 Å². The van der Waals surface area contributed by atoms with Crippen molar-refractivity contribution >= 4 is 63.8 Å². The number of hydrogen-bond donors (Lipinski definition) is 3. The van der Waals surface area contributed by atoms with Crippen LogP contribution < -0.4 is 14.8 Å². The summed E-state index contributed by atoms with van der Waals surface area (Å²) >= 11 is 6.10. The first-order valence-electron chi connectivity index (χ1n) is 13.6. The zero-order chi connectivity index (χ0) is 36.3. The van der Waals surface area contributed by atoms with Gasteiger partial charge in [0, 0.05) is 24.2 Å². The Labute approximate surface area is 282 Å². The van der Waals surface area contributed by atoms with E-state index in [-0.39, 0.29) is 45.1 Å². The van der Waals surface area contributed by atoms with Gasteiger partial charge in [0.1, 0.15) is 4.32 Å². The SMILES string of the molecule is COc1cc(/C=C2\SC(=S)N(CCC(=O)Nc3ccc(C(=O)O)cc3)C2=O)cc(-c2cc(C(F)(F)F)cc(C(F)(F)F)c2)c1OCC(=O)O. The summed E-state index contributed by atoms with van der Waals surface area (Å²) in [5.41, 5.74) is -3.93. The first-order chi connectivity index (χ1) is 22.9. The highest BCUT2D eigenvalue weighted by atomic mass is 32.2. The number of nitrogens with one attached hydrogen (secondary N) is 1. The number of benzene rings is 3. The Kier molecular flexibility index (Phi) is 10.9. The number of carboxylic acid groups (broad SMARTS) is 2. The molecule has 0 aliphatic carbocycles. The number of anilines is 1. The molecule has 2 amide bonds. The van der Waals surface area contributed by atoms with Gasteiger partial charge in [-0.2, -0.15) is 26.3 Å². The Bertz CT molecular complexity index is 1830. The van der Waals surface area contributed by atoms with Crippen LogP contribution in [-0.4, -0.2) is 63.4 Å². The number of carbonyl (C=O) groups is 4. The molecule has 3 aromatic carbocycles. The second kappa shape index (κ2) is 14.6. The highest BCUT2D eigenvalue weighted by Crippen LogP contribution is 2.45. The first kappa shape index (κ1) is 36.7. The number of ether oxygens (including phenoxy) is 2. The number of hydrogen-bond acceptors (Lipinski definition) is 8. The van der Waals surface area contributed by atoms with E-state index in [1.807, 2.05) is 0 Å². The number of aliphatic carboxylic acids is 1. The van der Waals surface area contributed by atoms with Crippen molar-refractivity contribution in [3.63, 3.8) is 0 Å². The Morgan fingerprint density at radius 3 is 2.10 bits per heavy atom. The van der Waals surface area contributed by atoms with E-state index in [0.29, 0.717) is 17.8 Å². The van der Waals surface area contributed by atoms with Crippen LogP contribution >= 0.6 is 24.0 Å². The molecule has 0 bridgehead atoms. The monoisotopic (exact) mass is 728 g/mol. The van der Waals surface area contributed by atoms with Gasteiger partial charge in [-0.05, 0) is 71.8 Å². The summed E-state index contributed by atoms with van der Waals surface area (Å²) in [6.45, 7) is -1.18. The molecule has 0 aromatic heterocycles. The largest absolute Gasteiger partial charge is 0.493 e. The van der Waals surface area contributed by atoms with Crippen LogP contribution in [0.5, 0.6) is 11.5 Å². The maximum Gasteiger partial charge on any atom is 0.416 e. The molecule has 1 fully saturated rings. The number of amides is 2. The third-order valence-corrected chi connectivity index (χ3v) is 8.06. The van der Waals surface area contributed by atoms with E-state index >= 15 is 0 Å². The maximum absolute atomic E-state index is 13.7. The molecule has 0 atom stereocenters. The van der Waals surface area contributed by atoms with Crippen LogP contribution in [0.3, 0.4) is 0 Å². The number of carboxylic acids is 2. The zero-order valence-corrected chi connectivity index (χ0v) is 26.4. The fourth-order valence-electron chi connectivity index (χ4n) is 4.44. The van der Waals surface area contributed by atoms with Gasteiger partial charge < -0.3 is 25.0 Å². The molecule has 3 N–H and O–H groups in total. The van der Waals surface area contributed by atoms with E-state index in [2.05, 4.69) is 5.32 Å².